The summed E-state index contributed by atoms with van der Waals surface area (Å²) in [5.41, 5.74) is 2.94. The molecule has 0 aromatic heterocycles. The third kappa shape index (κ3) is 5.14. The van der Waals surface area contributed by atoms with Crippen LogP contribution < -0.4 is 5.32 Å². The fraction of sp³-hybridized carbons (Fsp3) is 0.292. The first-order valence-corrected chi connectivity index (χ1v) is 10.5. The molecule has 0 radical (unpaired) electrons. The van der Waals surface area contributed by atoms with Crippen LogP contribution in [0.3, 0.4) is 0 Å². The first kappa shape index (κ1) is 22.6. The van der Waals surface area contributed by atoms with Crippen LogP contribution in [0.5, 0.6) is 0 Å². The van der Waals surface area contributed by atoms with Crippen molar-refractivity contribution in [2.45, 2.75) is 33.7 Å². The number of hydrogen-bond donors (Lipinski definition) is 1. The first-order valence-electron chi connectivity index (χ1n) is 10.1. The van der Waals surface area contributed by atoms with Gasteiger partial charge in [0, 0.05) is 22.8 Å². The van der Waals surface area contributed by atoms with Crippen LogP contribution in [0.2, 0.25) is 5.02 Å². The van der Waals surface area contributed by atoms with E-state index in [9.17, 15) is 14.4 Å². The molecule has 162 valence electrons. The van der Waals surface area contributed by atoms with Gasteiger partial charge in [-0.25, -0.2) is 4.79 Å². The van der Waals surface area contributed by atoms with E-state index in [1.807, 2.05) is 37.3 Å². The van der Waals surface area contributed by atoms with Gasteiger partial charge in [-0.15, -0.1) is 0 Å². The Morgan fingerprint density at radius 2 is 1.87 bits per heavy atom. The average Bonchev–Trinajstić information content (AvgIpc) is 2.74. The van der Waals surface area contributed by atoms with Crippen molar-refractivity contribution in [3.8, 4) is 0 Å². The van der Waals surface area contributed by atoms with Crippen LogP contribution in [-0.4, -0.2) is 29.3 Å². The molecule has 31 heavy (non-hydrogen) atoms. The van der Waals surface area contributed by atoms with E-state index in [4.69, 9.17) is 16.3 Å². The van der Waals surface area contributed by atoms with Gasteiger partial charge in [0.1, 0.15) is 0 Å². The zero-order valence-corrected chi connectivity index (χ0v) is 18.5. The molecule has 1 heterocycles. The summed E-state index contributed by atoms with van der Waals surface area (Å²) in [6.45, 7) is 5.72. The SMILES string of the molecule is CCOC(=O)C1=C(C)N(Cc2ccccc2)C(=O)CC1C(=O)Nc1ccc(C)c(Cl)c1. The highest BCUT2D eigenvalue weighted by Gasteiger charge is 2.40. The van der Waals surface area contributed by atoms with Crippen LogP contribution >= 0.6 is 11.6 Å². The fourth-order valence-electron chi connectivity index (χ4n) is 3.57. The molecule has 2 aromatic rings. The number of allylic oxidation sites excluding steroid dienone is 1. The lowest BCUT2D eigenvalue weighted by atomic mass is 9.88. The van der Waals surface area contributed by atoms with Crippen LogP contribution in [0.1, 0.15) is 31.4 Å². The highest BCUT2D eigenvalue weighted by atomic mass is 35.5. The molecule has 0 saturated carbocycles. The Kier molecular flexibility index (Phi) is 7.13. The minimum atomic E-state index is -0.946. The lowest BCUT2D eigenvalue weighted by Gasteiger charge is -2.33. The van der Waals surface area contributed by atoms with E-state index in [0.717, 1.165) is 11.1 Å². The number of aryl methyl sites for hydroxylation is 1. The second-order valence-electron chi connectivity index (χ2n) is 7.39. The molecule has 3 rings (SSSR count). The molecule has 0 bridgehead atoms. The standard InChI is InChI=1S/C24H25ClN2O4/c1-4-31-24(30)22-16(3)27(14-17-8-6-5-7-9-17)21(28)13-19(22)23(29)26-18-11-10-15(2)20(25)12-18/h5-12,19H,4,13-14H2,1-3H3,(H,26,29). The number of esters is 1. The molecule has 6 nitrogen and oxygen atoms in total. The van der Waals surface area contributed by atoms with E-state index in [2.05, 4.69) is 5.32 Å². The molecule has 2 aromatic carbocycles. The zero-order chi connectivity index (χ0) is 22.5. The molecule has 7 heteroatoms. The average molecular weight is 441 g/mol. The Morgan fingerprint density at radius 3 is 2.52 bits per heavy atom. The second-order valence-corrected chi connectivity index (χ2v) is 7.80. The topological polar surface area (TPSA) is 75.7 Å². The second kappa shape index (κ2) is 9.79. The van der Waals surface area contributed by atoms with E-state index in [-0.39, 0.29) is 24.5 Å². The molecular weight excluding hydrogens is 416 g/mol. The quantitative estimate of drug-likeness (QED) is 0.672. The van der Waals surface area contributed by atoms with E-state index >= 15 is 0 Å². The third-order valence-electron chi connectivity index (χ3n) is 5.26. The molecule has 0 spiro atoms. The molecule has 1 aliphatic rings. The molecule has 0 saturated heterocycles. The number of hydrogen-bond acceptors (Lipinski definition) is 4. The summed E-state index contributed by atoms with van der Waals surface area (Å²) in [6.07, 6.45) is -0.121. The Hall–Kier alpha value is -3.12. The van der Waals surface area contributed by atoms with Crippen molar-refractivity contribution in [3.05, 3.63) is 76.0 Å². The number of halogens is 1. The number of carbonyl (C=O) groups is 3. The smallest absolute Gasteiger partial charge is 0.336 e. The minimum Gasteiger partial charge on any atom is -0.463 e. The highest BCUT2D eigenvalue weighted by molar-refractivity contribution is 6.31. The van der Waals surface area contributed by atoms with E-state index in [1.165, 1.54) is 4.90 Å². The van der Waals surface area contributed by atoms with Gasteiger partial charge >= 0.3 is 5.97 Å². The normalized spacial score (nSPS) is 16.3. The van der Waals surface area contributed by atoms with Gasteiger partial charge in [0.2, 0.25) is 11.8 Å². The molecule has 0 fully saturated rings. The van der Waals surface area contributed by atoms with Gasteiger partial charge in [-0.3, -0.25) is 9.59 Å². The molecule has 1 N–H and O–H groups in total. The molecule has 1 atom stereocenters. The maximum atomic E-state index is 13.1. The summed E-state index contributed by atoms with van der Waals surface area (Å²) in [5.74, 6) is -2.21. The summed E-state index contributed by atoms with van der Waals surface area (Å²) < 4.78 is 5.22. The predicted octanol–water partition coefficient (Wildman–Crippen LogP) is 4.47. The maximum absolute atomic E-state index is 13.1. The van der Waals surface area contributed by atoms with Crippen LogP contribution in [0, 0.1) is 12.8 Å². The summed E-state index contributed by atoms with van der Waals surface area (Å²) in [5, 5.41) is 3.29. The zero-order valence-electron chi connectivity index (χ0n) is 17.8. The van der Waals surface area contributed by atoms with Gasteiger partial charge < -0.3 is 15.0 Å². The number of anilines is 1. The molecule has 1 unspecified atom stereocenters. The van der Waals surface area contributed by atoms with Crippen molar-refractivity contribution in [2.24, 2.45) is 5.92 Å². The van der Waals surface area contributed by atoms with E-state index in [1.54, 1.807) is 32.0 Å². The molecule has 2 amide bonds. The number of ether oxygens (including phenoxy) is 1. The minimum absolute atomic E-state index is 0.121. The number of benzene rings is 2. The molecule has 1 aliphatic heterocycles. The summed E-state index contributed by atoms with van der Waals surface area (Å²) in [6, 6.07) is 14.6. The van der Waals surface area contributed by atoms with Gasteiger partial charge in [-0.2, -0.15) is 0 Å². The van der Waals surface area contributed by atoms with Gasteiger partial charge in [0.05, 0.1) is 24.6 Å². The largest absolute Gasteiger partial charge is 0.463 e. The third-order valence-corrected chi connectivity index (χ3v) is 5.66. The lowest BCUT2D eigenvalue weighted by molar-refractivity contribution is -0.142. The summed E-state index contributed by atoms with van der Waals surface area (Å²) in [7, 11) is 0. The highest BCUT2D eigenvalue weighted by Crippen LogP contribution is 2.32. The Balaban J connectivity index is 1.93. The van der Waals surface area contributed by atoms with Crippen molar-refractivity contribution in [1.82, 2.24) is 4.90 Å². The van der Waals surface area contributed by atoms with Crippen molar-refractivity contribution in [1.29, 1.82) is 0 Å². The van der Waals surface area contributed by atoms with Crippen molar-refractivity contribution in [2.75, 3.05) is 11.9 Å². The van der Waals surface area contributed by atoms with Gasteiger partial charge in [0.15, 0.2) is 0 Å². The number of nitrogens with zero attached hydrogens (tertiary/aromatic N) is 1. The van der Waals surface area contributed by atoms with Crippen molar-refractivity contribution in [3.63, 3.8) is 0 Å². The number of amides is 2. The van der Waals surface area contributed by atoms with Gasteiger partial charge in [-0.1, -0.05) is 48.0 Å². The Bertz CT molecular complexity index is 1030. The fourth-order valence-corrected chi connectivity index (χ4v) is 3.75. The predicted molar refractivity (Wildman–Crippen MR) is 119 cm³/mol. The Morgan fingerprint density at radius 1 is 1.16 bits per heavy atom. The van der Waals surface area contributed by atoms with Gasteiger partial charge in [-0.05, 0) is 44.0 Å². The van der Waals surface area contributed by atoms with Gasteiger partial charge in [0.25, 0.3) is 0 Å². The summed E-state index contributed by atoms with van der Waals surface area (Å²) in [4.78, 5) is 40.3. The van der Waals surface area contributed by atoms with Crippen LogP contribution in [0.15, 0.2) is 59.8 Å². The molecule has 0 aliphatic carbocycles. The van der Waals surface area contributed by atoms with E-state index < -0.39 is 17.8 Å². The first-order chi connectivity index (χ1) is 14.8. The number of nitrogens with one attached hydrogen (secondary N) is 1. The van der Waals surface area contributed by atoms with Crippen LogP contribution in [0.25, 0.3) is 0 Å². The number of rotatable bonds is 6. The monoisotopic (exact) mass is 440 g/mol. The van der Waals surface area contributed by atoms with Crippen molar-refractivity contribution < 1.29 is 19.1 Å². The molecular formula is C24H25ClN2O4. The van der Waals surface area contributed by atoms with Crippen LogP contribution in [0.4, 0.5) is 5.69 Å². The number of carbonyl (C=O) groups excluding carboxylic acids is 3. The lowest BCUT2D eigenvalue weighted by Crippen LogP contribution is -2.42. The Labute approximate surface area is 186 Å². The summed E-state index contributed by atoms with van der Waals surface area (Å²) >= 11 is 6.15. The maximum Gasteiger partial charge on any atom is 0.336 e. The van der Waals surface area contributed by atoms with Crippen molar-refractivity contribution >= 4 is 35.1 Å². The van der Waals surface area contributed by atoms with Crippen LogP contribution in [-0.2, 0) is 25.7 Å². The van der Waals surface area contributed by atoms with E-state index in [0.29, 0.717) is 23.0 Å².